The second-order valence-corrected chi connectivity index (χ2v) is 8.61. The van der Waals surface area contributed by atoms with E-state index in [2.05, 4.69) is 15.6 Å². The van der Waals surface area contributed by atoms with Gasteiger partial charge < -0.3 is 19.5 Å². The lowest BCUT2D eigenvalue weighted by Crippen LogP contribution is -2.39. The van der Waals surface area contributed by atoms with Gasteiger partial charge in [-0.05, 0) is 33.8 Å². The Morgan fingerprint density at radius 3 is 2.08 bits per heavy atom. The number of hydrogen-bond donors (Lipinski definition) is 2. The fourth-order valence-electron chi connectivity index (χ4n) is 3.59. The highest BCUT2D eigenvalue weighted by atomic mass is 32.1. The Balaban J connectivity index is 1.81. The maximum Gasteiger partial charge on any atom is 0.337 e. The van der Waals surface area contributed by atoms with Gasteiger partial charge in [0.1, 0.15) is 11.4 Å². The molecule has 0 fully saturated rings. The van der Waals surface area contributed by atoms with E-state index in [1.54, 1.807) is 13.8 Å². The van der Waals surface area contributed by atoms with Gasteiger partial charge in [-0.2, -0.15) is 0 Å². The summed E-state index contributed by atoms with van der Waals surface area (Å²) in [6, 6.07) is 0.732. The average molecular weight is 542 g/mol. The summed E-state index contributed by atoms with van der Waals surface area (Å²) in [4.78, 5) is 54.4. The molecule has 10 nitrogen and oxygen atoms in total. The Bertz CT molecular complexity index is 1310. The molecule has 0 atom stereocenters. The van der Waals surface area contributed by atoms with E-state index in [9.17, 15) is 32.3 Å². The summed E-state index contributed by atoms with van der Waals surface area (Å²) in [5, 5.41) is 4.89. The highest BCUT2D eigenvalue weighted by molar-refractivity contribution is 7.22. The van der Waals surface area contributed by atoms with Crippen molar-refractivity contribution in [3.05, 3.63) is 46.1 Å². The van der Waals surface area contributed by atoms with Crippen LogP contribution in [0.25, 0.3) is 10.2 Å². The molecule has 2 heterocycles. The zero-order chi connectivity index (χ0) is 27.4. The van der Waals surface area contributed by atoms with Crippen LogP contribution < -0.4 is 10.6 Å². The van der Waals surface area contributed by atoms with Gasteiger partial charge in [0.05, 0.1) is 29.1 Å². The number of carbonyl (C=O) groups excluding carboxylic acids is 4. The monoisotopic (exact) mass is 541 g/mol. The van der Waals surface area contributed by atoms with Gasteiger partial charge in [0.25, 0.3) is 5.91 Å². The number of fused-ring (bicyclic) bond motifs is 1. The molecule has 1 aromatic carbocycles. The number of rotatable bonds is 8. The molecule has 0 radical (unpaired) electrons. The van der Waals surface area contributed by atoms with Gasteiger partial charge in [-0.3, -0.25) is 14.9 Å². The fourth-order valence-corrected chi connectivity index (χ4v) is 4.50. The summed E-state index contributed by atoms with van der Waals surface area (Å²) >= 11 is 0.669. The molecular formula is C23H22F3N3O7S. The number of thiazole rings is 1. The third-order valence-corrected chi connectivity index (χ3v) is 6.02. The van der Waals surface area contributed by atoms with Crippen molar-refractivity contribution in [1.29, 1.82) is 0 Å². The van der Waals surface area contributed by atoms with Crippen LogP contribution in [-0.2, 0) is 33.4 Å². The van der Waals surface area contributed by atoms with Gasteiger partial charge in [-0.1, -0.05) is 11.3 Å². The van der Waals surface area contributed by atoms with E-state index in [0.717, 1.165) is 6.07 Å². The molecule has 0 aliphatic carbocycles. The number of allylic oxidation sites excluding steroid dienone is 2. The number of dihydropyridines is 1. The Labute approximate surface area is 212 Å². The third kappa shape index (κ3) is 5.74. The lowest BCUT2D eigenvalue weighted by Gasteiger charge is -2.28. The quantitative estimate of drug-likeness (QED) is 0.294. The summed E-state index contributed by atoms with van der Waals surface area (Å²) in [5.41, 5.74) is -0.374. The first kappa shape index (κ1) is 27.6. The lowest BCUT2D eigenvalue weighted by molar-refractivity contribution is -0.153. The second-order valence-electron chi connectivity index (χ2n) is 7.58. The molecule has 2 aromatic rings. The molecule has 0 unspecified atom stereocenters. The van der Waals surface area contributed by atoms with E-state index in [-0.39, 0.29) is 45.6 Å². The molecule has 0 bridgehead atoms. The van der Waals surface area contributed by atoms with E-state index < -0.39 is 59.3 Å². The standard InChI is InChI=1S/C23H22F3N3O7S/c1-5-34-20(31)14-9(3)27-10(4)15(21(32)35-6-2)16(14)22(33)36-8-13(30)28-23-29-19-12(37-23)7-11(24)17(25)18(19)26/h7,16,27H,5-6,8H2,1-4H3,(H,28,29,30). The number of amides is 1. The molecule has 0 spiro atoms. The zero-order valence-corrected chi connectivity index (χ0v) is 20.9. The largest absolute Gasteiger partial charge is 0.463 e. The summed E-state index contributed by atoms with van der Waals surface area (Å²) < 4.78 is 55.9. The highest BCUT2D eigenvalue weighted by Gasteiger charge is 2.42. The van der Waals surface area contributed by atoms with Crippen molar-refractivity contribution in [1.82, 2.24) is 10.3 Å². The average Bonchev–Trinajstić information content (AvgIpc) is 3.22. The van der Waals surface area contributed by atoms with Crippen molar-refractivity contribution in [3.8, 4) is 0 Å². The minimum Gasteiger partial charge on any atom is -0.463 e. The maximum atomic E-state index is 13.9. The predicted molar refractivity (Wildman–Crippen MR) is 124 cm³/mol. The maximum absolute atomic E-state index is 13.9. The van der Waals surface area contributed by atoms with Crippen LogP contribution in [0.5, 0.6) is 0 Å². The van der Waals surface area contributed by atoms with Crippen LogP contribution in [0, 0.1) is 23.4 Å². The molecule has 0 saturated heterocycles. The number of carbonyl (C=O) groups is 4. The molecule has 1 amide bonds. The first-order chi connectivity index (χ1) is 17.5. The topological polar surface area (TPSA) is 133 Å². The Hall–Kier alpha value is -3.94. The van der Waals surface area contributed by atoms with Gasteiger partial charge in [0.15, 0.2) is 29.2 Å². The summed E-state index contributed by atoms with van der Waals surface area (Å²) in [6.45, 7) is 5.23. The van der Waals surface area contributed by atoms with Crippen molar-refractivity contribution in [2.45, 2.75) is 27.7 Å². The first-order valence-corrected chi connectivity index (χ1v) is 11.7. The van der Waals surface area contributed by atoms with E-state index in [1.165, 1.54) is 13.8 Å². The fraction of sp³-hybridized carbons (Fsp3) is 0.348. The molecule has 37 heavy (non-hydrogen) atoms. The number of benzene rings is 1. The van der Waals surface area contributed by atoms with Gasteiger partial charge in [0.2, 0.25) is 0 Å². The lowest BCUT2D eigenvalue weighted by atomic mass is 9.85. The number of hydrogen-bond acceptors (Lipinski definition) is 10. The number of nitrogens with zero attached hydrogens (tertiary/aromatic N) is 1. The third-order valence-electron chi connectivity index (χ3n) is 5.10. The highest BCUT2D eigenvalue weighted by Crippen LogP contribution is 2.33. The minimum absolute atomic E-state index is 0.00617. The Kier molecular flexibility index (Phi) is 8.53. The zero-order valence-electron chi connectivity index (χ0n) is 20.1. The van der Waals surface area contributed by atoms with E-state index in [0.29, 0.717) is 11.3 Å². The van der Waals surface area contributed by atoms with Crippen molar-refractivity contribution in [2.75, 3.05) is 25.1 Å². The molecule has 198 valence electrons. The summed E-state index contributed by atoms with van der Waals surface area (Å²) in [6.07, 6.45) is 0. The number of nitrogens with one attached hydrogen (secondary N) is 2. The molecule has 0 saturated carbocycles. The van der Waals surface area contributed by atoms with Crippen LogP contribution in [-0.4, -0.2) is 48.6 Å². The van der Waals surface area contributed by atoms with Crippen LogP contribution in [0.2, 0.25) is 0 Å². The Morgan fingerprint density at radius 2 is 1.54 bits per heavy atom. The van der Waals surface area contributed by atoms with E-state index in [1.807, 2.05) is 0 Å². The second kappa shape index (κ2) is 11.4. The van der Waals surface area contributed by atoms with E-state index >= 15 is 0 Å². The van der Waals surface area contributed by atoms with Crippen molar-refractivity contribution in [2.24, 2.45) is 5.92 Å². The molecule has 1 aliphatic rings. The number of ether oxygens (including phenoxy) is 3. The molecule has 2 N–H and O–H groups in total. The number of esters is 3. The smallest absolute Gasteiger partial charge is 0.337 e. The van der Waals surface area contributed by atoms with Crippen LogP contribution in [0.15, 0.2) is 28.6 Å². The molecule has 14 heteroatoms. The van der Waals surface area contributed by atoms with E-state index in [4.69, 9.17) is 14.2 Å². The number of aromatic nitrogens is 1. The normalized spacial score (nSPS) is 13.9. The van der Waals surface area contributed by atoms with Crippen molar-refractivity contribution >= 4 is 50.5 Å². The van der Waals surface area contributed by atoms with Gasteiger partial charge in [0, 0.05) is 11.4 Å². The van der Waals surface area contributed by atoms with Crippen LogP contribution in [0.3, 0.4) is 0 Å². The van der Waals surface area contributed by atoms with Crippen molar-refractivity contribution < 1.29 is 46.6 Å². The number of anilines is 1. The predicted octanol–water partition coefficient (Wildman–Crippen LogP) is 3.09. The van der Waals surface area contributed by atoms with Crippen LogP contribution in [0.4, 0.5) is 18.3 Å². The number of halogens is 3. The summed E-state index contributed by atoms with van der Waals surface area (Å²) in [5.74, 6) is -9.94. The molecule has 1 aliphatic heterocycles. The molecule has 1 aromatic heterocycles. The Morgan fingerprint density at radius 1 is 0.973 bits per heavy atom. The van der Waals surface area contributed by atoms with Gasteiger partial charge in [-0.15, -0.1) is 0 Å². The summed E-state index contributed by atoms with van der Waals surface area (Å²) in [7, 11) is 0. The van der Waals surface area contributed by atoms with Crippen LogP contribution in [0.1, 0.15) is 27.7 Å². The molecular weight excluding hydrogens is 519 g/mol. The first-order valence-electron chi connectivity index (χ1n) is 10.9. The van der Waals surface area contributed by atoms with Crippen LogP contribution >= 0.6 is 11.3 Å². The van der Waals surface area contributed by atoms with Crippen molar-refractivity contribution in [3.63, 3.8) is 0 Å². The van der Waals surface area contributed by atoms with Gasteiger partial charge in [-0.25, -0.2) is 27.7 Å². The minimum atomic E-state index is -1.70. The molecule has 3 rings (SSSR count). The SMILES string of the molecule is CCOC(=O)C1=C(C)NC(C)=C(C(=O)OCC)C1C(=O)OCC(=O)Nc1nc2c(F)c(F)c(F)cc2s1. The van der Waals surface area contributed by atoms with Gasteiger partial charge >= 0.3 is 17.9 Å².